The van der Waals surface area contributed by atoms with Crippen molar-refractivity contribution in [2.45, 2.75) is 154 Å². The summed E-state index contributed by atoms with van der Waals surface area (Å²) in [7, 11) is 0. The molecule has 0 spiro atoms. The molecule has 55 heavy (non-hydrogen) atoms. The SMILES string of the molecule is CCCCCCCCCCCCCC(=O)N[C@@H](CCC(=O)NCCCOCCOCCOCCCNC(=O)CCC(=O)NCCCC[C@H](N)C(=O)O)C(=O)O. The number of amides is 4. The molecule has 0 aromatic rings. The molecular formula is C39H73N5O11. The fourth-order valence-corrected chi connectivity index (χ4v) is 5.43. The number of carboxylic acids is 2. The van der Waals surface area contributed by atoms with E-state index in [1.54, 1.807) is 0 Å². The van der Waals surface area contributed by atoms with Crippen LogP contribution < -0.4 is 27.0 Å². The molecule has 0 aliphatic carbocycles. The number of carbonyl (C=O) groups excluding carboxylic acids is 4. The summed E-state index contributed by atoms with van der Waals surface area (Å²) in [5.74, 6) is -3.20. The highest BCUT2D eigenvalue weighted by atomic mass is 16.5. The third kappa shape index (κ3) is 36.1. The Bertz CT molecular complexity index is 1030. The number of carbonyl (C=O) groups is 6. The van der Waals surface area contributed by atoms with E-state index in [1.807, 2.05) is 0 Å². The van der Waals surface area contributed by atoms with Gasteiger partial charge in [0.05, 0.1) is 26.4 Å². The van der Waals surface area contributed by atoms with Gasteiger partial charge in [-0.15, -0.1) is 0 Å². The molecule has 0 bridgehead atoms. The Morgan fingerprint density at radius 2 is 0.909 bits per heavy atom. The zero-order chi connectivity index (χ0) is 40.8. The summed E-state index contributed by atoms with van der Waals surface area (Å²) in [6, 6.07) is -1.98. The van der Waals surface area contributed by atoms with Crippen LogP contribution in [0, 0.1) is 0 Å². The lowest BCUT2D eigenvalue weighted by Gasteiger charge is -2.14. The fourth-order valence-electron chi connectivity index (χ4n) is 5.43. The minimum Gasteiger partial charge on any atom is -0.480 e. The summed E-state index contributed by atoms with van der Waals surface area (Å²) in [6.45, 7) is 5.89. The van der Waals surface area contributed by atoms with Crippen LogP contribution in [-0.4, -0.2) is 117 Å². The lowest BCUT2D eigenvalue weighted by Crippen LogP contribution is -2.41. The van der Waals surface area contributed by atoms with Crippen molar-refractivity contribution in [1.82, 2.24) is 21.3 Å². The van der Waals surface area contributed by atoms with Crippen LogP contribution in [0.5, 0.6) is 0 Å². The number of aliphatic carboxylic acids is 2. The Hall–Kier alpha value is -3.34. The van der Waals surface area contributed by atoms with Crippen molar-refractivity contribution in [3.63, 3.8) is 0 Å². The predicted octanol–water partition coefficient (Wildman–Crippen LogP) is 3.58. The van der Waals surface area contributed by atoms with Gasteiger partial charge in [-0.3, -0.25) is 24.0 Å². The van der Waals surface area contributed by atoms with Gasteiger partial charge in [0.2, 0.25) is 23.6 Å². The topological polar surface area (TPSA) is 245 Å². The maximum Gasteiger partial charge on any atom is 0.326 e. The summed E-state index contributed by atoms with van der Waals surface area (Å²) in [5, 5.41) is 29.0. The summed E-state index contributed by atoms with van der Waals surface area (Å²) in [5.41, 5.74) is 5.43. The molecule has 8 N–H and O–H groups in total. The highest BCUT2D eigenvalue weighted by Crippen LogP contribution is 2.12. The van der Waals surface area contributed by atoms with Gasteiger partial charge < -0.3 is 51.4 Å². The molecule has 320 valence electrons. The maximum atomic E-state index is 12.2. The number of carboxylic acid groups (broad SMARTS) is 2. The van der Waals surface area contributed by atoms with E-state index < -0.39 is 24.0 Å². The number of unbranched alkanes of at least 4 members (excludes halogenated alkanes) is 11. The highest BCUT2D eigenvalue weighted by molar-refractivity contribution is 5.84. The van der Waals surface area contributed by atoms with E-state index >= 15 is 0 Å². The molecule has 0 aromatic heterocycles. The van der Waals surface area contributed by atoms with Crippen molar-refractivity contribution in [2.24, 2.45) is 5.73 Å². The lowest BCUT2D eigenvalue weighted by atomic mass is 10.0. The summed E-state index contributed by atoms with van der Waals surface area (Å²) >= 11 is 0. The number of nitrogens with two attached hydrogens (primary N) is 1. The largest absolute Gasteiger partial charge is 0.480 e. The Balaban J connectivity index is 3.61. The first-order valence-electron chi connectivity index (χ1n) is 20.6. The zero-order valence-electron chi connectivity index (χ0n) is 33.5. The third-order valence-electron chi connectivity index (χ3n) is 8.78. The van der Waals surface area contributed by atoms with Crippen LogP contribution in [0.2, 0.25) is 0 Å². The van der Waals surface area contributed by atoms with Crippen LogP contribution in [-0.2, 0) is 43.0 Å². The van der Waals surface area contributed by atoms with E-state index in [0.29, 0.717) is 97.8 Å². The number of hydrogen-bond donors (Lipinski definition) is 7. The molecule has 0 aliphatic heterocycles. The molecule has 16 nitrogen and oxygen atoms in total. The molecular weight excluding hydrogens is 714 g/mol. The van der Waals surface area contributed by atoms with Crippen molar-refractivity contribution in [3.8, 4) is 0 Å². The van der Waals surface area contributed by atoms with Crippen molar-refractivity contribution in [3.05, 3.63) is 0 Å². The minimum atomic E-state index is -1.14. The molecule has 4 amide bonds. The monoisotopic (exact) mass is 788 g/mol. The molecule has 0 unspecified atom stereocenters. The van der Waals surface area contributed by atoms with E-state index in [1.165, 1.54) is 51.4 Å². The average Bonchev–Trinajstić information content (AvgIpc) is 3.15. The Labute approximate surface area is 328 Å². The number of ether oxygens (including phenoxy) is 3. The van der Waals surface area contributed by atoms with Crippen LogP contribution in [0.1, 0.15) is 142 Å². The second kappa shape index (κ2) is 37.6. The Kier molecular flexibility index (Phi) is 35.3. The summed E-state index contributed by atoms with van der Waals surface area (Å²) < 4.78 is 16.4. The van der Waals surface area contributed by atoms with Crippen LogP contribution in [0.4, 0.5) is 0 Å². The fraction of sp³-hybridized carbons (Fsp3) is 0.846. The average molecular weight is 788 g/mol. The van der Waals surface area contributed by atoms with Crippen molar-refractivity contribution in [2.75, 3.05) is 59.3 Å². The molecule has 0 aromatic carbocycles. The number of rotatable bonds is 40. The summed E-state index contributed by atoms with van der Waals surface area (Å²) in [4.78, 5) is 70.4. The molecule has 0 rings (SSSR count). The molecule has 0 radical (unpaired) electrons. The first-order valence-corrected chi connectivity index (χ1v) is 20.6. The van der Waals surface area contributed by atoms with Gasteiger partial charge in [-0.25, -0.2) is 4.79 Å². The predicted molar refractivity (Wildman–Crippen MR) is 209 cm³/mol. The van der Waals surface area contributed by atoms with Crippen LogP contribution in [0.25, 0.3) is 0 Å². The Morgan fingerprint density at radius 3 is 1.38 bits per heavy atom. The van der Waals surface area contributed by atoms with Gasteiger partial charge in [-0.1, -0.05) is 71.1 Å². The number of nitrogens with one attached hydrogen (secondary N) is 4. The van der Waals surface area contributed by atoms with E-state index in [-0.39, 0.29) is 49.3 Å². The summed E-state index contributed by atoms with van der Waals surface area (Å²) in [6.07, 6.45) is 16.2. The van der Waals surface area contributed by atoms with E-state index in [4.69, 9.17) is 25.1 Å². The molecule has 16 heteroatoms. The van der Waals surface area contributed by atoms with Gasteiger partial charge in [0.15, 0.2) is 0 Å². The molecule has 0 heterocycles. The van der Waals surface area contributed by atoms with Crippen molar-refractivity contribution in [1.29, 1.82) is 0 Å². The van der Waals surface area contributed by atoms with Gasteiger partial charge in [0.25, 0.3) is 0 Å². The molecule has 0 fully saturated rings. The van der Waals surface area contributed by atoms with Crippen LogP contribution in [0.3, 0.4) is 0 Å². The highest BCUT2D eigenvalue weighted by Gasteiger charge is 2.20. The lowest BCUT2D eigenvalue weighted by molar-refractivity contribution is -0.142. The van der Waals surface area contributed by atoms with Gasteiger partial charge in [-0.2, -0.15) is 0 Å². The molecule has 0 aliphatic rings. The van der Waals surface area contributed by atoms with E-state index in [9.17, 15) is 33.9 Å². The normalized spacial score (nSPS) is 12.1. The van der Waals surface area contributed by atoms with E-state index in [0.717, 1.165) is 19.3 Å². The first kappa shape index (κ1) is 51.7. The minimum absolute atomic E-state index is 0.00000643. The second-order valence-electron chi connectivity index (χ2n) is 13.8. The van der Waals surface area contributed by atoms with Gasteiger partial charge >= 0.3 is 11.9 Å². The molecule has 0 saturated heterocycles. The first-order chi connectivity index (χ1) is 26.6. The van der Waals surface area contributed by atoms with Gasteiger partial charge in [0.1, 0.15) is 12.1 Å². The second-order valence-corrected chi connectivity index (χ2v) is 13.8. The van der Waals surface area contributed by atoms with Crippen molar-refractivity contribution >= 4 is 35.6 Å². The maximum absolute atomic E-state index is 12.2. The van der Waals surface area contributed by atoms with E-state index in [2.05, 4.69) is 28.2 Å². The van der Waals surface area contributed by atoms with Gasteiger partial charge in [0, 0.05) is 58.5 Å². The quantitative estimate of drug-likeness (QED) is 0.0441. The third-order valence-corrected chi connectivity index (χ3v) is 8.78. The molecule has 2 atom stereocenters. The Morgan fingerprint density at radius 1 is 0.473 bits per heavy atom. The van der Waals surface area contributed by atoms with Gasteiger partial charge in [-0.05, 0) is 44.9 Å². The van der Waals surface area contributed by atoms with Crippen LogP contribution >= 0.6 is 0 Å². The molecule has 0 saturated carbocycles. The number of hydrogen-bond acceptors (Lipinski definition) is 10. The smallest absolute Gasteiger partial charge is 0.326 e. The van der Waals surface area contributed by atoms with Crippen molar-refractivity contribution < 1.29 is 53.2 Å². The zero-order valence-corrected chi connectivity index (χ0v) is 33.5. The van der Waals surface area contributed by atoms with Crippen LogP contribution in [0.15, 0.2) is 0 Å². The standard InChI is InChI=1S/C39H73N5O11/c1-2-3-4-5-6-7-8-9-10-11-12-18-37(48)44-33(39(51)52)19-20-34(45)42-24-15-26-53-28-30-55-31-29-54-27-16-25-43-36(47)22-21-35(46)41-23-14-13-17-32(40)38(49)50/h32-33H,2-31,40H2,1H3,(H,41,46)(H,42,45)(H,43,47)(H,44,48)(H,49,50)(H,51,52)/t32-,33-/m0/s1.